The summed E-state index contributed by atoms with van der Waals surface area (Å²) in [5.74, 6) is 2.53. The lowest BCUT2D eigenvalue weighted by Gasteiger charge is -2.23. The largest absolute Gasteiger partial charge is 0.321 e. The minimum absolute atomic E-state index is 0.154. The van der Waals surface area contributed by atoms with Crippen LogP contribution in [0.5, 0.6) is 0 Å². The van der Waals surface area contributed by atoms with Gasteiger partial charge in [0.2, 0.25) is 0 Å². The van der Waals surface area contributed by atoms with Gasteiger partial charge in [-0.1, -0.05) is 26.0 Å². The van der Waals surface area contributed by atoms with Gasteiger partial charge in [0.25, 0.3) is 5.91 Å². The third-order valence-corrected chi connectivity index (χ3v) is 7.34. The Morgan fingerprint density at radius 2 is 1.92 bits per heavy atom. The maximum Gasteiger partial charge on any atom is 0.276 e. The molecule has 0 saturated carbocycles. The standard InChI is InChI=1S/C20H27N3OS2/c1-13(2)17-12-16(22-23(17)20(3,4)5)18(24)21-15-8-6-7-14(11-15)19-25-9-10-26-19/h6-8,11-13,19H,9-10H2,1-5H3,(H,21,24). The summed E-state index contributed by atoms with van der Waals surface area (Å²) in [4.78, 5) is 12.8. The highest BCUT2D eigenvalue weighted by Gasteiger charge is 2.24. The number of carbonyl (C=O) groups is 1. The van der Waals surface area contributed by atoms with Crippen molar-refractivity contribution < 1.29 is 4.79 Å². The molecule has 1 aromatic heterocycles. The molecule has 1 saturated heterocycles. The van der Waals surface area contributed by atoms with Crippen molar-refractivity contribution in [3.63, 3.8) is 0 Å². The van der Waals surface area contributed by atoms with Gasteiger partial charge in [-0.25, -0.2) is 0 Å². The number of amides is 1. The Morgan fingerprint density at radius 3 is 2.50 bits per heavy atom. The minimum atomic E-state index is -0.158. The molecule has 2 aromatic rings. The van der Waals surface area contributed by atoms with Crippen LogP contribution in [0.3, 0.4) is 0 Å². The molecule has 1 amide bonds. The molecule has 0 spiro atoms. The van der Waals surface area contributed by atoms with Crippen LogP contribution in [-0.2, 0) is 5.54 Å². The normalized spacial score (nSPS) is 15.6. The topological polar surface area (TPSA) is 46.9 Å². The molecular formula is C20H27N3OS2. The predicted octanol–water partition coefficient (Wildman–Crippen LogP) is 5.49. The molecule has 0 radical (unpaired) electrons. The Balaban J connectivity index is 1.81. The summed E-state index contributed by atoms with van der Waals surface area (Å²) >= 11 is 3.93. The van der Waals surface area contributed by atoms with E-state index in [1.165, 1.54) is 17.1 Å². The monoisotopic (exact) mass is 389 g/mol. The van der Waals surface area contributed by atoms with Crippen molar-refractivity contribution in [2.45, 2.75) is 50.7 Å². The number of nitrogens with zero attached hydrogens (tertiary/aromatic N) is 2. The molecular weight excluding hydrogens is 362 g/mol. The van der Waals surface area contributed by atoms with E-state index in [0.29, 0.717) is 16.2 Å². The number of nitrogens with one attached hydrogen (secondary N) is 1. The lowest BCUT2D eigenvalue weighted by atomic mass is 10.1. The summed E-state index contributed by atoms with van der Waals surface area (Å²) in [5, 5.41) is 7.61. The van der Waals surface area contributed by atoms with Crippen molar-refractivity contribution in [3.8, 4) is 0 Å². The van der Waals surface area contributed by atoms with E-state index in [4.69, 9.17) is 0 Å². The summed E-state index contributed by atoms with van der Waals surface area (Å²) in [5.41, 5.74) is 3.49. The quantitative estimate of drug-likeness (QED) is 0.751. The van der Waals surface area contributed by atoms with Gasteiger partial charge in [-0.15, -0.1) is 23.5 Å². The lowest BCUT2D eigenvalue weighted by Crippen LogP contribution is -2.26. The summed E-state index contributed by atoms with van der Waals surface area (Å²) in [7, 11) is 0. The van der Waals surface area contributed by atoms with Gasteiger partial charge >= 0.3 is 0 Å². The first-order valence-corrected chi connectivity index (χ1v) is 11.1. The Kier molecular flexibility index (Phi) is 5.72. The summed E-state index contributed by atoms with van der Waals surface area (Å²) in [6.07, 6.45) is 0. The van der Waals surface area contributed by atoms with Crippen LogP contribution in [0.1, 0.15) is 66.9 Å². The maximum atomic E-state index is 12.8. The van der Waals surface area contributed by atoms with Gasteiger partial charge in [0.1, 0.15) is 0 Å². The third-order valence-electron chi connectivity index (χ3n) is 4.23. The van der Waals surface area contributed by atoms with Crippen molar-refractivity contribution in [1.29, 1.82) is 0 Å². The van der Waals surface area contributed by atoms with Gasteiger partial charge in [0, 0.05) is 22.9 Å². The van der Waals surface area contributed by atoms with E-state index in [9.17, 15) is 4.79 Å². The van der Waals surface area contributed by atoms with Crippen LogP contribution >= 0.6 is 23.5 Å². The van der Waals surface area contributed by atoms with E-state index in [2.05, 4.69) is 57.2 Å². The van der Waals surface area contributed by atoms with E-state index < -0.39 is 0 Å². The summed E-state index contributed by atoms with van der Waals surface area (Å²) in [6, 6.07) is 10.1. The SMILES string of the molecule is CC(C)c1cc(C(=O)Nc2cccc(C3SCCS3)c2)nn1C(C)(C)C. The number of thioether (sulfide) groups is 2. The van der Waals surface area contributed by atoms with E-state index in [0.717, 1.165) is 11.4 Å². The number of rotatable bonds is 4. The summed E-state index contributed by atoms with van der Waals surface area (Å²) in [6.45, 7) is 10.6. The fraction of sp³-hybridized carbons (Fsp3) is 0.500. The Hall–Kier alpha value is -1.40. The molecule has 1 fully saturated rings. The molecule has 0 bridgehead atoms. The molecule has 26 heavy (non-hydrogen) atoms. The zero-order valence-electron chi connectivity index (χ0n) is 16.1. The van der Waals surface area contributed by atoms with Gasteiger partial charge in [-0.05, 0) is 50.5 Å². The van der Waals surface area contributed by atoms with Crippen LogP contribution in [0.4, 0.5) is 5.69 Å². The van der Waals surface area contributed by atoms with Gasteiger partial charge in [0.15, 0.2) is 5.69 Å². The zero-order valence-corrected chi connectivity index (χ0v) is 17.7. The first-order chi connectivity index (χ1) is 12.3. The van der Waals surface area contributed by atoms with Crippen molar-refractivity contribution in [1.82, 2.24) is 9.78 Å². The minimum Gasteiger partial charge on any atom is -0.321 e. The molecule has 1 aromatic carbocycles. The number of carbonyl (C=O) groups excluding carboxylic acids is 1. The number of anilines is 1. The Bertz CT molecular complexity index is 787. The predicted molar refractivity (Wildman–Crippen MR) is 113 cm³/mol. The molecule has 2 heterocycles. The van der Waals surface area contributed by atoms with E-state index in [1.54, 1.807) is 0 Å². The molecule has 1 aliphatic rings. The van der Waals surface area contributed by atoms with Crippen LogP contribution in [-0.4, -0.2) is 27.2 Å². The fourth-order valence-electron chi connectivity index (χ4n) is 2.96. The lowest BCUT2D eigenvalue weighted by molar-refractivity contribution is 0.102. The zero-order chi connectivity index (χ0) is 18.9. The van der Waals surface area contributed by atoms with Gasteiger partial charge in [-0.2, -0.15) is 5.10 Å². The number of hydrogen-bond acceptors (Lipinski definition) is 4. The van der Waals surface area contributed by atoms with Crippen LogP contribution in [0.2, 0.25) is 0 Å². The highest BCUT2D eigenvalue weighted by molar-refractivity contribution is 8.19. The van der Waals surface area contributed by atoms with Crippen molar-refractivity contribution in [3.05, 3.63) is 47.3 Å². The second-order valence-corrected chi connectivity index (χ2v) is 10.6. The first kappa shape index (κ1) is 19.4. The average Bonchev–Trinajstić information content (AvgIpc) is 3.24. The van der Waals surface area contributed by atoms with Crippen LogP contribution in [0.25, 0.3) is 0 Å². The Morgan fingerprint density at radius 1 is 1.23 bits per heavy atom. The molecule has 0 aliphatic carbocycles. The smallest absolute Gasteiger partial charge is 0.276 e. The molecule has 1 N–H and O–H groups in total. The average molecular weight is 390 g/mol. The maximum absolute atomic E-state index is 12.8. The van der Waals surface area contributed by atoms with Crippen molar-refractivity contribution in [2.75, 3.05) is 16.8 Å². The number of hydrogen-bond donors (Lipinski definition) is 1. The number of benzene rings is 1. The second kappa shape index (κ2) is 7.69. The molecule has 0 unspecified atom stereocenters. The van der Waals surface area contributed by atoms with E-state index in [1.807, 2.05) is 46.4 Å². The van der Waals surface area contributed by atoms with E-state index in [-0.39, 0.29) is 11.4 Å². The van der Waals surface area contributed by atoms with Crippen molar-refractivity contribution in [2.24, 2.45) is 0 Å². The molecule has 4 nitrogen and oxygen atoms in total. The molecule has 3 rings (SSSR count). The van der Waals surface area contributed by atoms with Crippen LogP contribution in [0, 0.1) is 0 Å². The van der Waals surface area contributed by atoms with Crippen LogP contribution < -0.4 is 5.32 Å². The molecule has 140 valence electrons. The second-order valence-electron chi connectivity index (χ2n) is 7.84. The Labute approximate surface area is 164 Å². The molecule has 1 aliphatic heterocycles. The highest BCUT2D eigenvalue weighted by Crippen LogP contribution is 2.45. The first-order valence-electron chi connectivity index (χ1n) is 9.00. The highest BCUT2D eigenvalue weighted by atomic mass is 32.2. The van der Waals surface area contributed by atoms with Gasteiger partial charge in [-0.3, -0.25) is 9.48 Å². The van der Waals surface area contributed by atoms with Crippen molar-refractivity contribution >= 4 is 35.1 Å². The molecule has 6 heteroatoms. The van der Waals surface area contributed by atoms with E-state index >= 15 is 0 Å². The van der Waals surface area contributed by atoms with Crippen LogP contribution in [0.15, 0.2) is 30.3 Å². The van der Waals surface area contributed by atoms with Gasteiger partial charge in [0.05, 0.1) is 10.1 Å². The molecule has 0 atom stereocenters. The fourth-order valence-corrected chi connectivity index (χ4v) is 5.80. The third kappa shape index (κ3) is 4.29. The number of aromatic nitrogens is 2. The van der Waals surface area contributed by atoms with Gasteiger partial charge < -0.3 is 5.32 Å². The summed E-state index contributed by atoms with van der Waals surface area (Å²) < 4.78 is 2.44.